The Bertz CT molecular complexity index is 2300. The molecule has 4 aromatic heterocycles. The molecule has 4 aromatic carbocycles. The molecule has 9 heteroatoms. The standard InChI is InChI=1S/C38H21N5O2.2Pd/c1-3-18-39-34(12-1)26-8-5-10-28(22-26)44-30-14-16-32-33-17-15-31(25-37(33)43(36(32)24-30)38-41-20-7-21-42-38)45-29-11-6-9-27(23-29)35-13-2-4-19-40-35;;/h1-21H;;/q-4;2*+2/i7D,20D,21D;;. The molecule has 0 aliphatic carbocycles. The second-order valence-corrected chi connectivity index (χ2v) is 9.87. The van der Waals surface area contributed by atoms with Gasteiger partial charge in [0, 0.05) is 47.7 Å². The fourth-order valence-electron chi connectivity index (χ4n) is 5.05. The minimum atomic E-state index is -0.373. The van der Waals surface area contributed by atoms with Crippen LogP contribution in [-0.2, 0) is 40.8 Å². The van der Waals surface area contributed by atoms with Crippen molar-refractivity contribution in [2.24, 2.45) is 0 Å². The Morgan fingerprint density at radius 1 is 0.511 bits per heavy atom. The smallest absolute Gasteiger partial charge is 0.503 e. The molecule has 4 heterocycles. The van der Waals surface area contributed by atoms with E-state index >= 15 is 0 Å². The number of benzene rings is 4. The van der Waals surface area contributed by atoms with Crippen LogP contribution in [0.2, 0.25) is 0 Å². The fraction of sp³-hybridized carbons (Fsp3) is 0. The van der Waals surface area contributed by atoms with E-state index in [1.165, 1.54) is 0 Å². The van der Waals surface area contributed by atoms with E-state index in [-0.39, 0.29) is 65.2 Å². The van der Waals surface area contributed by atoms with Crippen molar-refractivity contribution in [3.05, 3.63) is 152 Å². The van der Waals surface area contributed by atoms with Crippen LogP contribution in [-0.4, -0.2) is 24.5 Å². The van der Waals surface area contributed by atoms with Gasteiger partial charge in [-0.25, -0.2) is 9.97 Å². The molecule has 0 spiro atoms. The molecular weight excluding hydrogens is 771 g/mol. The van der Waals surface area contributed by atoms with Gasteiger partial charge in [0.05, 0.1) is 4.11 Å². The zero-order chi connectivity index (χ0) is 32.6. The van der Waals surface area contributed by atoms with Gasteiger partial charge in [-0.15, -0.1) is 71.8 Å². The first-order chi connectivity index (χ1) is 23.5. The van der Waals surface area contributed by atoms with Crippen molar-refractivity contribution in [2.75, 3.05) is 0 Å². The molecule has 0 atom stereocenters. The summed E-state index contributed by atoms with van der Waals surface area (Å²) < 4.78 is 38.5. The molecule has 0 bridgehead atoms. The molecule has 0 saturated heterocycles. The van der Waals surface area contributed by atoms with Crippen molar-refractivity contribution in [1.82, 2.24) is 24.5 Å². The zero-order valence-electron chi connectivity index (χ0n) is 27.1. The van der Waals surface area contributed by atoms with Gasteiger partial charge in [-0.1, -0.05) is 47.4 Å². The average molecular weight is 795 g/mol. The van der Waals surface area contributed by atoms with Gasteiger partial charge < -0.3 is 24.0 Å². The second-order valence-electron chi connectivity index (χ2n) is 9.87. The number of hydrogen-bond donors (Lipinski definition) is 0. The second kappa shape index (κ2) is 14.2. The van der Waals surface area contributed by atoms with Gasteiger partial charge in [-0.05, 0) is 29.6 Å². The Labute approximate surface area is 302 Å². The summed E-state index contributed by atoms with van der Waals surface area (Å²) in [5.41, 5.74) is 4.15. The molecule has 0 N–H and O–H groups in total. The van der Waals surface area contributed by atoms with E-state index < -0.39 is 0 Å². The summed E-state index contributed by atoms with van der Waals surface area (Å²) in [6.07, 6.45) is 2.70. The molecule has 0 amide bonds. The van der Waals surface area contributed by atoms with Gasteiger partial charge in [0.15, 0.2) is 0 Å². The predicted molar refractivity (Wildman–Crippen MR) is 171 cm³/mol. The molecule has 47 heavy (non-hydrogen) atoms. The Kier molecular flexibility index (Phi) is 8.51. The van der Waals surface area contributed by atoms with Gasteiger partial charge in [0.1, 0.15) is 0 Å². The Morgan fingerprint density at radius 2 is 1.00 bits per heavy atom. The van der Waals surface area contributed by atoms with Crippen LogP contribution >= 0.6 is 0 Å². The maximum absolute atomic E-state index is 8.22. The number of ether oxygens (including phenoxy) is 2. The third-order valence-electron chi connectivity index (χ3n) is 7.02. The van der Waals surface area contributed by atoms with Crippen molar-refractivity contribution < 1.29 is 54.4 Å². The van der Waals surface area contributed by atoms with E-state index in [2.05, 4.69) is 44.2 Å². The minimum absolute atomic E-state index is 0. The molecule has 0 saturated carbocycles. The van der Waals surface area contributed by atoms with Gasteiger partial charge in [-0.3, -0.25) is 0 Å². The van der Waals surface area contributed by atoms with Crippen LogP contribution in [0.3, 0.4) is 0 Å². The number of pyridine rings is 2. The Morgan fingerprint density at radius 3 is 1.47 bits per heavy atom. The SMILES string of the molecule is [2H]c1nc(-n2c3[c-]c(Oc4[c-]c(-c5ccccn5)ccc4)ccc3c3ccc(Oc4[c-]c(-c5ccccn5)ccc4)[c-]c32)nc([2H])c1[2H].[Pd+2].[Pd+2]. The average Bonchev–Trinajstić information content (AvgIpc) is 3.44. The van der Waals surface area contributed by atoms with Crippen LogP contribution in [0, 0.1) is 24.3 Å². The summed E-state index contributed by atoms with van der Waals surface area (Å²) in [7, 11) is 0. The summed E-state index contributed by atoms with van der Waals surface area (Å²) >= 11 is 0. The normalized spacial score (nSPS) is 11.5. The van der Waals surface area contributed by atoms with Crippen LogP contribution in [0.25, 0.3) is 50.3 Å². The molecule has 0 unspecified atom stereocenters. The molecule has 230 valence electrons. The molecule has 0 radical (unpaired) electrons. The van der Waals surface area contributed by atoms with Crippen molar-refractivity contribution in [1.29, 1.82) is 0 Å². The summed E-state index contributed by atoms with van der Waals surface area (Å²) in [4.78, 5) is 17.3. The first kappa shape index (κ1) is 28.2. The van der Waals surface area contributed by atoms with E-state index in [0.717, 1.165) is 33.3 Å². The maximum atomic E-state index is 8.22. The molecule has 8 aromatic rings. The number of rotatable bonds is 7. The largest absolute Gasteiger partial charge is 2.00 e. The summed E-state index contributed by atoms with van der Waals surface area (Å²) in [6, 6.07) is 42.7. The number of aromatic nitrogens is 5. The van der Waals surface area contributed by atoms with E-state index in [4.69, 9.17) is 13.6 Å². The van der Waals surface area contributed by atoms with E-state index in [1.54, 1.807) is 41.2 Å². The quantitative estimate of drug-likeness (QED) is 0.119. The van der Waals surface area contributed by atoms with Gasteiger partial charge >= 0.3 is 40.8 Å². The van der Waals surface area contributed by atoms with E-state index in [1.807, 2.05) is 72.8 Å². The Balaban J connectivity index is 0.00000216. The first-order valence-corrected chi connectivity index (χ1v) is 14.0. The van der Waals surface area contributed by atoms with Gasteiger partial charge in [0.2, 0.25) is 5.95 Å². The van der Waals surface area contributed by atoms with Crippen LogP contribution in [0.15, 0.2) is 128 Å². The first-order valence-electron chi connectivity index (χ1n) is 15.5. The van der Waals surface area contributed by atoms with Crippen molar-refractivity contribution >= 4 is 21.8 Å². The number of fused-ring (bicyclic) bond motifs is 3. The van der Waals surface area contributed by atoms with Crippen LogP contribution in [0.4, 0.5) is 0 Å². The third-order valence-corrected chi connectivity index (χ3v) is 7.02. The van der Waals surface area contributed by atoms with Crippen molar-refractivity contribution in [2.45, 2.75) is 0 Å². The maximum Gasteiger partial charge on any atom is 2.00 e. The fourth-order valence-corrected chi connectivity index (χ4v) is 5.05. The Hall–Kier alpha value is -5.02. The molecule has 0 aliphatic heterocycles. The topological polar surface area (TPSA) is 75.0 Å². The molecule has 0 fully saturated rings. The van der Waals surface area contributed by atoms with Crippen LogP contribution in [0.5, 0.6) is 23.0 Å². The summed E-state index contributed by atoms with van der Waals surface area (Å²) in [5, 5.41) is 1.57. The van der Waals surface area contributed by atoms with Crippen molar-refractivity contribution in [3.63, 3.8) is 0 Å². The predicted octanol–water partition coefficient (Wildman–Crippen LogP) is 8.48. The monoisotopic (exact) mass is 794 g/mol. The molecule has 0 aliphatic rings. The van der Waals surface area contributed by atoms with Gasteiger partial charge in [0.25, 0.3) is 0 Å². The molecular formula is C38H21N5O2Pd2. The molecule has 8 rings (SSSR count). The number of nitrogens with zero attached hydrogens (tertiary/aromatic N) is 5. The van der Waals surface area contributed by atoms with E-state index in [0.29, 0.717) is 34.0 Å². The molecule has 7 nitrogen and oxygen atoms in total. The minimum Gasteiger partial charge on any atom is -0.503 e. The summed E-state index contributed by atoms with van der Waals surface area (Å²) in [5.74, 6) is 1.76. The van der Waals surface area contributed by atoms with Crippen LogP contribution < -0.4 is 9.47 Å². The van der Waals surface area contributed by atoms with Crippen LogP contribution in [0.1, 0.15) is 4.11 Å². The number of hydrogen-bond acceptors (Lipinski definition) is 6. The zero-order valence-corrected chi connectivity index (χ0v) is 27.2. The third kappa shape index (κ3) is 6.62. The van der Waals surface area contributed by atoms with Crippen molar-refractivity contribution in [3.8, 4) is 51.5 Å². The van der Waals surface area contributed by atoms with E-state index in [9.17, 15) is 0 Å². The van der Waals surface area contributed by atoms with Gasteiger partial charge in [-0.2, -0.15) is 22.9 Å². The summed E-state index contributed by atoms with van der Waals surface area (Å²) in [6.45, 7) is 0.